The Hall–Kier alpha value is -2.70. The van der Waals surface area contributed by atoms with Crippen LogP contribution in [-0.2, 0) is 0 Å². The van der Waals surface area contributed by atoms with E-state index in [9.17, 15) is 18.7 Å². The number of rotatable bonds is 2. The van der Waals surface area contributed by atoms with E-state index >= 15 is 0 Å². The smallest absolute Gasteiger partial charge is 0.235 e. The molecule has 0 spiro atoms. The number of aryl methyl sites for hydroxylation is 1. The molecule has 0 atom stereocenters. The Bertz CT molecular complexity index is 982. The molecule has 2 aromatic heterocycles. The van der Waals surface area contributed by atoms with Crippen molar-refractivity contribution in [1.29, 1.82) is 0 Å². The highest BCUT2D eigenvalue weighted by Gasteiger charge is 2.29. The lowest BCUT2D eigenvalue weighted by Crippen LogP contribution is -2.08. The van der Waals surface area contributed by atoms with E-state index < -0.39 is 28.4 Å². The molecule has 1 saturated carbocycles. The van der Waals surface area contributed by atoms with Crippen LogP contribution in [0, 0.1) is 18.6 Å². The number of nitrogens with zero attached hydrogens (tertiary/aromatic N) is 2. The lowest BCUT2D eigenvalue weighted by Gasteiger charge is -2.09. The molecule has 1 fully saturated rings. The zero-order chi connectivity index (χ0) is 16.3. The largest absolute Gasteiger partial charge is 0.503 e. The van der Waals surface area contributed by atoms with Crippen molar-refractivity contribution < 1.29 is 13.9 Å². The van der Waals surface area contributed by atoms with E-state index in [1.807, 2.05) is 0 Å². The number of hydrogen-bond acceptors (Lipinski definition) is 3. The summed E-state index contributed by atoms with van der Waals surface area (Å²) in [7, 11) is 0. The zero-order valence-corrected chi connectivity index (χ0v) is 12.2. The summed E-state index contributed by atoms with van der Waals surface area (Å²) in [4.78, 5) is 15.3. The maximum absolute atomic E-state index is 14.0. The van der Waals surface area contributed by atoms with Gasteiger partial charge < -0.3 is 10.1 Å². The number of nitrogens with one attached hydrogen (secondary N) is 1. The Morgan fingerprint density at radius 3 is 2.57 bits per heavy atom. The first kappa shape index (κ1) is 13.9. The van der Waals surface area contributed by atoms with E-state index in [1.165, 1.54) is 6.07 Å². The summed E-state index contributed by atoms with van der Waals surface area (Å²) in [5, 5.41) is 14.7. The lowest BCUT2D eigenvalue weighted by atomic mass is 10.1. The van der Waals surface area contributed by atoms with Crippen LogP contribution in [0.5, 0.6) is 5.75 Å². The number of hydrogen-bond donors (Lipinski definition) is 2. The molecule has 7 heteroatoms. The van der Waals surface area contributed by atoms with Crippen LogP contribution in [0.25, 0.3) is 22.3 Å². The Morgan fingerprint density at radius 2 is 1.96 bits per heavy atom. The van der Waals surface area contributed by atoms with Crippen LogP contribution in [0.3, 0.4) is 0 Å². The van der Waals surface area contributed by atoms with E-state index in [0.717, 1.165) is 25.0 Å². The van der Waals surface area contributed by atoms with Gasteiger partial charge in [-0.15, -0.1) is 0 Å². The first-order valence-corrected chi connectivity index (χ1v) is 7.27. The molecule has 0 saturated heterocycles. The van der Waals surface area contributed by atoms with E-state index in [4.69, 9.17) is 0 Å². The molecule has 2 N–H and O–H groups in total. The van der Waals surface area contributed by atoms with Gasteiger partial charge in [0.25, 0.3) is 0 Å². The third-order valence-corrected chi connectivity index (χ3v) is 4.11. The maximum Gasteiger partial charge on any atom is 0.235 e. The third-order valence-electron chi connectivity index (χ3n) is 4.11. The molecular weight excluding hydrogens is 304 g/mol. The molecule has 1 aromatic carbocycles. The maximum atomic E-state index is 14.0. The van der Waals surface area contributed by atoms with Crippen LogP contribution in [0.4, 0.5) is 8.78 Å². The molecule has 4 rings (SSSR count). The number of halogens is 2. The normalized spacial score (nSPS) is 14.6. The second kappa shape index (κ2) is 4.65. The van der Waals surface area contributed by atoms with Crippen molar-refractivity contribution in [2.45, 2.75) is 25.8 Å². The molecule has 0 aliphatic heterocycles. The molecular formula is C16H13F2N3O2. The molecule has 118 valence electrons. The lowest BCUT2D eigenvalue weighted by molar-refractivity contribution is 0.469. The Morgan fingerprint density at radius 1 is 1.30 bits per heavy atom. The average Bonchev–Trinajstić information content (AvgIpc) is 3.28. The highest BCUT2D eigenvalue weighted by Crippen LogP contribution is 2.38. The van der Waals surface area contributed by atoms with Gasteiger partial charge in [0.05, 0.1) is 28.4 Å². The quantitative estimate of drug-likeness (QED) is 0.763. The summed E-state index contributed by atoms with van der Waals surface area (Å²) in [6.07, 6.45) is 1.87. The van der Waals surface area contributed by atoms with Gasteiger partial charge in [0.15, 0.2) is 5.75 Å². The number of aromatic hydroxyl groups is 1. The van der Waals surface area contributed by atoms with Crippen LogP contribution in [0.2, 0.25) is 0 Å². The molecule has 0 radical (unpaired) electrons. The SMILES string of the molecule is Cc1nn(C2CC2)c2[nH]c(-c3c(F)cccc3F)c(O)c(=O)c12. The predicted molar refractivity (Wildman–Crippen MR) is 80.4 cm³/mol. The Labute approximate surface area is 129 Å². The van der Waals surface area contributed by atoms with E-state index in [-0.39, 0.29) is 17.1 Å². The van der Waals surface area contributed by atoms with Crippen molar-refractivity contribution in [2.75, 3.05) is 0 Å². The Balaban J connectivity index is 2.11. The summed E-state index contributed by atoms with van der Waals surface area (Å²) in [5.41, 5.74) is -0.541. The van der Waals surface area contributed by atoms with Crippen molar-refractivity contribution in [1.82, 2.24) is 14.8 Å². The highest BCUT2D eigenvalue weighted by atomic mass is 19.1. The van der Waals surface area contributed by atoms with E-state index in [1.54, 1.807) is 11.6 Å². The van der Waals surface area contributed by atoms with E-state index in [0.29, 0.717) is 11.3 Å². The fraction of sp³-hybridized carbons (Fsp3) is 0.250. The Kier molecular flexibility index (Phi) is 2.81. The number of fused-ring (bicyclic) bond motifs is 1. The minimum absolute atomic E-state index is 0.171. The van der Waals surface area contributed by atoms with Crippen LogP contribution in [0.1, 0.15) is 24.6 Å². The van der Waals surface area contributed by atoms with Gasteiger partial charge in [-0.25, -0.2) is 13.5 Å². The number of aromatic amines is 1. The number of benzene rings is 1. The van der Waals surface area contributed by atoms with Gasteiger partial charge in [0.1, 0.15) is 17.3 Å². The minimum Gasteiger partial charge on any atom is -0.503 e. The summed E-state index contributed by atoms with van der Waals surface area (Å²) in [5.74, 6) is -2.42. The monoisotopic (exact) mass is 317 g/mol. The number of H-pyrrole nitrogens is 1. The van der Waals surface area contributed by atoms with Gasteiger partial charge in [-0.2, -0.15) is 5.10 Å². The van der Waals surface area contributed by atoms with Crippen molar-refractivity contribution in [3.63, 3.8) is 0 Å². The summed E-state index contributed by atoms with van der Waals surface area (Å²) in [6.45, 7) is 1.67. The van der Waals surface area contributed by atoms with E-state index in [2.05, 4.69) is 10.1 Å². The van der Waals surface area contributed by atoms with Crippen LogP contribution >= 0.6 is 0 Å². The van der Waals surface area contributed by atoms with Crippen LogP contribution in [-0.4, -0.2) is 19.9 Å². The first-order chi connectivity index (χ1) is 11.0. The van der Waals surface area contributed by atoms with Gasteiger partial charge in [0, 0.05) is 0 Å². The molecule has 23 heavy (non-hydrogen) atoms. The third kappa shape index (κ3) is 1.96. The van der Waals surface area contributed by atoms with Gasteiger partial charge in [0.2, 0.25) is 5.43 Å². The molecule has 0 unspecified atom stereocenters. The number of pyridine rings is 1. The fourth-order valence-electron chi connectivity index (χ4n) is 2.85. The second-order valence-corrected chi connectivity index (χ2v) is 5.76. The highest BCUT2D eigenvalue weighted by molar-refractivity contribution is 5.84. The molecule has 5 nitrogen and oxygen atoms in total. The fourth-order valence-corrected chi connectivity index (χ4v) is 2.85. The standard InChI is InChI=1S/C16H13F2N3O2/c1-7-11-14(22)15(23)13(12-9(17)3-2-4-10(12)18)19-16(11)21(20-7)8-5-6-8/h2-4,8,23H,5-6H2,1H3,(H,19,22). The molecule has 3 aromatic rings. The second-order valence-electron chi connectivity index (χ2n) is 5.76. The van der Waals surface area contributed by atoms with Gasteiger partial charge in [-0.1, -0.05) is 6.07 Å². The van der Waals surface area contributed by atoms with Crippen molar-refractivity contribution in [3.8, 4) is 17.0 Å². The van der Waals surface area contributed by atoms with Gasteiger partial charge in [-0.05, 0) is 31.9 Å². The van der Waals surface area contributed by atoms with Crippen molar-refractivity contribution >= 4 is 11.0 Å². The zero-order valence-electron chi connectivity index (χ0n) is 12.2. The minimum atomic E-state index is -0.857. The first-order valence-electron chi connectivity index (χ1n) is 7.27. The van der Waals surface area contributed by atoms with Crippen molar-refractivity contribution in [2.24, 2.45) is 0 Å². The predicted octanol–water partition coefficient (Wildman–Crippen LogP) is 3.02. The molecule has 0 amide bonds. The molecule has 2 heterocycles. The molecule has 1 aliphatic rings. The topological polar surface area (TPSA) is 70.9 Å². The van der Waals surface area contributed by atoms with Crippen molar-refractivity contribution in [3.05, 3.63) is 45.8 Å². The summed E-state index contributed by atoms with van der Waals surface area (Å²) >= 11 is 0. The summed E-state index contributed by atoms with van der Waals surface area (Å²) in [6, 6.07) is 3.54. The molecule has 1 aliphatic carbocycles. The summed E-state index contributed by atoms with van der Waals surface area (Å²) < 4.78 is 29.7. The number of aromatic nitrogens is 3. The average molecular weight is 317 g/mol. The van der Waals surface area contributed by atoms with Gasteiger partial charge >= 0.3 is 0 Å². The van der Waals surface area contributed by atoms with Crippen LogP contribution in [0.15, 0.2) is 23.0 Å². The van der Waals surface area contributed by atoms with Gasteiger partial charge in [-0.3, -0.25) is 4.79 Å². The van der Waals surface area contributed by atoms with Crippen LogP contribution < -0.4 is 5.43 Å². The molecule has 0 bridgehead atoms.